The molecule has 0 N–H and O–H groups in total. The summed E-state index contributed by atoms with van der Waals surface area (Å²) in [5.74, 6) is -0.0151. The fraction of sp³-hybridized carbons (Fsp3) is 0.162. The van der Waals surface area contributed by atoms with Gasteiger partial charge in [0.25, 0.3) is 0 Å². The summed E-state index contributed by atoms with van der Waals surface area (Å²) in [6.45, 7) is 11.3. The van der Waals surface area contributed by atoms with Crippen molar-refractivity contribution < 1.29 is 14.3 Å². The lowest BCUT2D eigenvalue weighted by molar-refractivity contribution is -0.144. The highest BCUT2D eigenvalue weighted by Gasteiger charge is 2.07. The second kappa shape index (κ2) is 15.8. The van der Waals surface area contributed by atoms with E-state index in [4.69, 9.17) is 9.47 Å². The zero-order valence-electron chi connectivity index (χ0n) is 26.6. The summed E-state index contributed by atoms with van der Waals surface area (Å²) in [4.78, 5) is 13.4. The number of carbonyl (C=O) groups excluding carboxylic acids is 1. The highest BCUT2D eigenvalue weighted by Crippen LogP contribution is 2.36. The summed E-state index contributed by atoms with van der Waals surface area (Å²) in [5, 5.41) is 28.6. The third kappa shape index (κ3) is 8.58. The first-order valence-electron chi connectivity index (χ1n) is 15.2. The molecule has 0 radical (unpaired) electrons. The quantitative estimate of drug-likeness (QED) is 0.0560. The lowest BCUT2D eigenvalue weighted by atomic mass is 10.1. The van der Waals surface area contributed by atoms with E-state index >= 15 is 0 Å². The summed E-state index contributed by atoms with van der Waals surface area (Å²) in [5.41, 5.74) is 6.44. The van der Waals surface area contributed by atoms with Crippen LogP contribution in [0.15, 0.2) is 146 Å². The van der Waals surface area contributed by atoms with Crippen LogP contribution in [0.5, 0.6) is 5.75 Å². The molecule has 0 aliphatic carbocycles. The first-order chi connectivity index (χ1) is 23.0. The predicted molar refractivity (Wildman–Crippen MR) is 186 cm³/mol. The van der Waals surface area contributed by atoms with Crippen LogP contribution in [-0.4, -0.2) is 25.9 Å². The van der Waals surface area contributed by atoms with E-state index in [1.165, 1.54) is 5.69 Å². The second-order valence-corrected chi connectivity index (χ2v) is 10.3. The van der Waals surface area contributed by atoms with Crippen LogP contribution in [0.3, 0.4) is 0 Å². The molecule has 0 saturated carbocycles. The lowest BCUT2D eigenvalue weighted by Crippen LogP contribution is -2.21. The number of rotatable bonds is 13. The van der Waals surface area contributed by atoms with Crippen LogP contribution >= 0.6 is 0 Å². The van der Waals surface area contributed by atoms with E-state index in [1.807, 2.05) is 73.7 Å². The Morgan fingerprint density at radius 3 is 1.79 bits per heavy atom. The van der Waals surface area contributed by atoms with Crippen molar-refractivity contribution in [3.63, 3.8) is 0 Å². The zero-order chi connectivity index (χ0) is 33.0. The molecule has 47 heavy (non-hydrogen) atoms. The maximum Gasteiger partial charge on any atom is 0.333 e. The maximum absolute atomic E-state index is 11.1. The van der Waals surface area contributed by atoms with Gasteiger partial charge in [0.1, 0.15) is 5.75 Å². The van der Waals surface area contributed by atoms with Gasteiger partial charge in [0.2, 0.25) is 6.79 Å². The minimum Gasteiger partial charge on any atom is -0.457 e. The molecule has 0 unspecified atom stereocenters. The average Bonchev–Trinajstić information content (AvgIpc) is 3.11. The van der Waals surface area contributed by atoms with E-state index in [-0.39, 0.29) is 6.79 Å². The molecule has 0 fully saturated rings. The van der Waals surface area contributed by atoms with Gasteiger partial charge in [-0.05, 0) is 105 Å². The van der Waals surface area contributed by atoms with E-state index in [1.54, 1.807) is 24.3 Å². The number of esters is 1. The van der Waals surface area contributed by atoms with Gasteiger partial charge in [-0.1, -0.05) is 30.8 Å². The molecule has 10 nitrogen and oxygen atoms in total. The van der Waals surface area contributed by atoms with Crippen molar-refractivity contribution in [1.29, 1.82) is 0 Å². The number of ether oxygens (including phenoxy) is 2. The highest BCUT2D eigenvalue weighted by atomic mass is 16.7. The number of anilines is 1. The number of carbonyl (C=O) groups is 1. The molecule has 0 heterocycles. The summed E-state index contributed by atoms with van der Waals surface area (Å²) < 4.78 is 10.2. The van der Waals surface area contributed by atoms with Gasteiger partial charge in [-0.15, -0.1) is 10.2 Å². The Morgan fingerprint density at radius 2 is 1.19 bits per heavy atom. The van der Waals surface area contributed by atoms with Crippen molar-refractivity contribution >= 4 is 56.6 Å². The number of hydrogen-bond acceptors (Lipinski definition) is 10. The van der Waals surface area contributed by atoms with E-state index < -0.39 is 5.97 Å². The van der Waals surface area contributed by atoms with Gasteiger partial charge in [0, 0.05) is 35.6 Å². The van der Waals surface area contributed by atoms with Crippen molar-refractivity contribution in [3.05, 3.63) is 121 Å². The molecule has 0 aromatic heterocycles. The number of benzene rings is 5. The SMILES string of the molecule is C=CC(=O)OCOc1ccc(N=Nc2ccc(N=Nc3ccc(N=Nc4ccc(N(CC)CC)cc4)cc3C)c3ccccc23)cc1. The molecular weight excluding hydrogens is 590 g/mol. The molecule has 0 atom stereocenters. The van der Waals surface area contributed by atoms with Gasteiger partial charge in [-0.3, -0.25) is 0 Å². The standard InChI is InChI=1S/C37H35N7O3/c1-5-37(45)47-25-46-31-19-14-28(15-20-31)39-42-35-22-23-36(33-11-9-8-10-32(33)35)43-41-34-21-16-29(24-26(34)4)40-38-27-12-17-30(18-13-27)44(6-2)7-3/h5,8-24H,1,6-7,25H2,2-4H3. The molecule has 5 aromatic rings. The minimum atomic E-state index is -0.549. The summed E-state index contributed by atoms with van der Waals surface area (Å²) in [7, 11) is 0. The number of azo groups is 3. The van der Waals surface area contributed by atoms with Crippen molar-refractivity contribution in [2.24, 2.45) is 30.7 Å². The smallest absolute Gasteiger partial charge is 0.333 e. The largest absolute Gasteiger partial charge is 0.457 e. The third-order valence-electron chi connectivity index (χ3n) is 7.29. The van der Waals surface area contributed by atoms with Gasteiger partial charge in [0.15, 0.2) is 0 Å². The van der Waals surface area contributed by atoms with Gasteiger partial charge < -0.3 is 14.4 Å². The summed E-state index contributed by atoms with van der Waals surface area (Å²) >= 11 is 0. The Kier molecular flexibility index (Phi) is 10.9. The van der Waals surface area contributed by atoms with Crippen molar-refractivity contribution in [1.82, 2.24) is 0 Å². The first kappa shape index (κ1) is 32.4. The molecular formula is C37H35N7O3. The van der Waals surface area contributed by atoms with E-state index in [0.717, 1.165) is 58.3 Å². The fourth-order valence-electron chi connectivity index (χ4n) is 4.73. The van der Waals surface area contributed by atoms with Crippen LogP contribution in [0.25, 0.3) is 10.8 Å². The summed E-state index contributed by atoms with van der Waals surface area (Å²) in [6.07, 6.45) is 1.08. The molecule has 236 valence electrons. The van der Waals surface area contributed by atoms with Crippen LogP contribution in [0.2, 0.25) is 0 Å². The topological polar surface area (TPSA) is 113 Å². The maximum atomic E-state index is 11.1. The van der Waals surface area contributed by atoms with Crippen LogP contribution in [0.1, 0.15) is 19.4 Å². The molecule has 0 spiro atoms. The Bertz CT molecular complexity index is 1930. The normalized spacial score (nSPS) is 11.5. The molecule has 0 aliphatic rings. The fourth-order valence-corrected chi connectivity index (χ4v) is 4.73. The minimum absolute atomic E-state index is 0.203. The van der Waals surface area contributed by atoms with Crippen LogP contribution in [0, 0.1) is 6.92 Å². The van der Waals surface area contributed by atoms with Crippen LogP contribution < -0.4 is 9.64 Å². The number of aryl methyl sites for hydroxylation is 1. The zero-order valence-corrected chi connectivity index (χ0v) is 26.6. The van der Waals surface area contributed by atoms with Gasteiger partial charge in [-0.2, -0.15) is 20.5 Å². The Balaban J connectivity index is 1.26. The molecule has 0 saturated heterocycles. The van der Waals surface area contributed by atoms with E-state index in [0.29, 0.717) is 17.1 Å². The number of nitrogens with zero attached hydrogens (tertiary/aromatic N) is 7. The van der Waals surface area contributed by atoms with Gasteiger partial charge >= 0.3 is 5.97 Å². The van der Waals surface area contributed by atoms with Crippen LogP contribution in [0.4, 0.5) is 39.8 Å². The molecule has 0 amide bonds. The molecule has 5 rings (SSSR count). The van der Waals surface area contributed by atoms with Gasteiger partial charge in [-0.25, -0.2) is 4.79 Å². The Hall–Kier alpha value is -6.03. The second-order valence-electron chi connectivity index (χ2n) is 10.3. The molecule has 0 bridgehead atoms. The number of hydrogen-bond donors (Lipinski definition) is 0. The average molecular weight is 626 g/mol. The van der Waals surface area contributed by atoms with E-state index in [9.17, 15) is 4.79 Å². The predicted octanol–water partition coefficient (Wildman–Crippen LogP) is 11.3. The van der Waals surface area contributed by atoms with Crippen LogP contribution in [-0.2, 0) is 9.53 Å². The Labute approximate surface area is 273 Å². The van der Waals surface area contributed by atoms with Crippen molar-refractivity contribution in [3.8, 4) is 5.75 Å². The molecule has 0 aliphatic heterocycles. The summed E-state index contributed by atoms with van der Waals surface area (Å²) in [6, 6.07) is 32.4. The first-order valence-corrected chi connectivity index (χ1v) is 15.2. The van der Waals surface area contributed by atoms with Crippen molar-refractivity contribution in [2.75, 3.05) is 24.8 Å². The Morgan fingerprint density at radius 1 is 0.681 bits per heavy atom. The van der Waals surface area contributed by atoms with Gasteiger partial charge in [0.05, 0.1) is 34.1 Å². The third-order valence-corrected chi connectivity index (χ3v) is 7.29. The highest BCUT2D eigenvalue weighted by molar-refractivity contribution is 5.99. The lowest BCUT2D eigenvalue weighted by Gasteiger charge is -2.20. The van der Waals surface area contributed by atoms with Crippen molar-refractivity contribution in [2.45, 2.75) is 20.8 Å². The monoisotopic (exact) mass is 625 g/mol. The molecule has 10 heteroatoms. The molecule has 5 aromatic carbocycles. The van der Waals surface area contributed by atoms with E-state index in [2.05, 4.69) is 68.1 Å². The number of fused-ring (bicyclic) bond motifs is 1.